The van der Waals surface area contributed by atoms with Crippen molar-refractivity contribution in [3.8, 4) is 11.3 Å². The number of anilines is 4. The Kier molecular flexibility index (Phi) is 6.34. The summed E-state index contributed by atoms with van der Waals surface area (Å²) in [5, 5.41) is 3.63. The number of nitrogen functional groups attached to an aromatic ring is 1. The standard InChI is InChI=1S/C24H26F3N7/c1-33(2)10-11-34(3)21-9-8-15(12-19(21)28)31-23-30-14-18(24(25,26)27)22(32-23)17-13-29-20-7-5-4-6-16(17)20/h4-9,12-14,29H,10-11,28H2,1-3H3,(H,30,31,32). The normalized spacial score (nSPS) is 11.9. The van der Waals surface area contributed by atoms with E-state index in [1.807, 2.05) is 38.2 Å². The molecule has 0 radical (unpaired) electrons. The summed E-state index contributed by atoms with van der Waals surface area (Å²) in [6.07, 6.45) is -2.27. The second-order valence-electron chi connectivity index (χ2n) is 8.33. The van der Waals surface area contributed by atoms with Gasteiger partial charge >= 0.3 is 6.18 Å². The molecule has 0 amide bonds. The summed E-state index contributed by atoms with van der Waals surface area (Å²) in [4.78, 5) is 15.3. The molecule has 4 aromatic rings. The van der Waals surface area contributed by atoms with Crippen LogP contribution < -0.4 is 16.0 Å². The van der Waals surface area contributed by atoms with Crippen LogP contribution in [0.15, 0.2) is 54.9 Å². The quantitative estimate of drug-likeness (QED) is 0.332. The number of para-hydroxylation sites is 1. The molecule has 2 aromatic heterocycles. The van der Waals surface area contributed by atoms with Crippen LogP contribution in [0.1, 0.15) is 5.56 Å². The fraction of sp³-hybridized carbons (Fsp3) is 0.250. The zero-order valence-corrected chi connectivity index (χ0v) is 19.1. The lowest BCUT2D eigenvalue weighted by Gasteiger charge is -2.23. The van der Waals surface area contributed by atoms with E-state index >= 15 is 0 Å². The van der Waals surface area contributed by atoms with Gasteiger partial charge in [-0.3, -0.25) is 0 Å². The van der Waals surface area contributed by atoms with E-state index in [1.54, 1.807) is 30.3 Å². The number of nitrogens with one attached hydrogen (secondary N) is 2. The van der Waals surface area contributed by atoms with Gasteiger partial charge in [0.25, 0.3) is 0 Å². The van der Waals surface area contributed by atoms with Crippen LogP contribution in [0, 0.1) is 0 Å². The van der Waals surface area contributed by atoms with Crippen LogP contribution in [0.2, 0.25) is 0 Å². The molecule has 0 saturated heterocycles. The monoisotopic (exact) mass is 469 g/mol. The Morgan fingerprint density at radius 2 is 1.82 bits per heavy atom. The summed E-state index contributed by atoms with van der Waals surface area (Å²) in [5.74, 6) is 0.0430. The minimum Gasteiger partial charge on any atom is -0.397 e. The number of alkyl halides is 3. The van der Waals surface area contributed by atoms with Gasteiger partial charge in [0.1, 0.15) is 5.56 Å². The topological polar surface area (TPSA) is 86.1 Å². The molecule has 4 rings (SSSR count). The van der Waals surface area contributed by atoms with E-state index < -0.39 is 11.7 Å². The Hall–Kier alpha value is -3.79. The van der Waals surface area contributed by atoms with Crippen LogP contribution in [-0.2, 0) is 6.18 Å². The van der Waals surface area contributed by atoms with Crippen molar-refractivity contribution < 1.29 is 13.2 Å². The van der Waals surface area contributed by atoms with E-state index in [9.17, 15) is 13.2 Å². The minimum absolute atomic E-state index is 0.0430. The molecule has 0 bridgehead atoms. The van der Waals surface area contributed by atoms with Gasteiger partial charge < -0.3 is 25.8 Å². The average Bonchev–Trinajstić information content (AvgIpc) is 3.21. The van der Waals surface area contributed by atoms with Gasteiger partial charge in [-0.25, -0.2) is 9.97 Å². The summed E-state index contributed by atoms with van der Waals surface area (Å²) in [7, 11) is 5.95. The van der Waals surface area contributed by atoms with Gasteiger partial charge in [0.15, 0.2) is 0 Å². The zero-order chi connectivity index (χ0) is 24.5. The van der Waals surface area contributed by atoms with Crippen LogP contribution in [0.25, 0.3) is 22.2 Å². The number of hydrogen-bond donors (Lipinski definition) is 3. The highest BCUT2D eigenvalue weighted by molar-refractivity contribution is 5.95. The first-order valence-electron chi connectivity index (χ1n) is 10.7. The highest BCUT2D eigenvalue weighted by atomic mass is 19.4. The first-order chi connectivity index (χ1) is 16.1. The molecule has 4 N–H and O–H groups in total. The molecule has 2 heterocycles. The summed E-state index contributed by atoms with van der Waals surface area (Å²) in [5.41, 5.74) is 8.19. The van der Waals surface area contributed by atoms with Crippen LogP contribution in [0.4, 0.5) is 36.2 Å². The van der Waals surface area contributed by atoms with Crippen molar-refractivity contribution in [3.63, 3.8) is 0 Å². The lowest BCUT2D eigenvalue weighted by Crippen LogP contribution is -2.28. The number of fused-ring (bicyclic) bond motifs is 1. The Balaban J connectivity index is 1.66. The van der Waals surface area contributed by atoms with Crippen molar-refractivity contribution in [2.75, 3.05) is 50.2 Å². The van der Waals surface area contributed by atoms with E-state index in [2.05, 4.69) is 25.2 Å². The highest BCUT2D eigenvalue weighted by Gasteiger charge is 2.36. The van der Waals surface area contributed by atoms with Crippen molar-refractivity contribution in [2.45, 2.75) is 6.18 Å². The van der Waals surface area contributed by atoms with Crippen molar-refractivity contribution in [2.24, 2.45) is 0 Å². The largest absolute Gasteiger partial charge is 0.419 e. The van der Waals surface area contributed by atoms with E-state index in [0.29, 0.717) is 22.3 Å². The van der Waals surface area contributed by atoms with Gasteiger partial charge in [-0.2, -0.15) is 13.2 Å². The number of aromatic nitrogens is 3. The smallest absolute Gasteiger partial charge is 0.397 e. The molecule has 34 heavy (non-hydrogen) atoms. The molecule has 0 aliphatic heterocycles. The zero-order valence-electron chi connectivity index (χ0n) is 19.1. The Morgan fingerprint density at radius 1 is 1.06 bits per heavy atom. The average molecular weight is 470 g/mol. The molecular weight excluding hydrogens is 443 g/mol. The molecule has 10 heteroatoms. The molecule has 0 fully saturated rings. The number of benzene rings is 2. The SMILES string of the molecule is CN(C)CCN(C)c1ccc(Nc2ncc(C(F)(F)F)c(-c3c[nH]c4ccccc34)n2)cc1N. The molecule has 7 nitrogen and oxygen atoms in total. The first-order valence-corrected chi connectivity index (χ1v) is 10.7. The Labute approximate surface area is 195 Å². The highest BCUT2D eigenvalue weighted by Crippen LogP contribution is 2.39. The molecule has 0 unspecified atom stereocenters. The number of aromatic amines is 1. The van der Waals surface area contributed by atoms with E-state index in [4.69, 9.17) is 5.73 Å². The van der Waals surface area contributed by atoms with Crippen molar-refractivity contribution in [1.29, 1.82) is 0 Å². The predicted octanol–water partition coefficient (Wildman–Crippen LogP) is 4.97. The maximum absolute atomic E-state index is 13.7. The third kappa shape index (κ3) is 4.91. The minimum atomic E-state index is -4.60. The van der Waals surface area contributed by atoms with Gasteiger partial charge in [-0.1, -0.05) is 18.2 Å². The Morgan fingerprint density at radius 3 is 2.53 bits per heavy atom. The van der Waals surface area contributed by atoms with Crippen LogP contribution in [-0.4, -0.2) is 54.1 Å². The number of rotatable bonds is 7. The van der Waals surface area contributed by atoms with Gasteiger partial charge in [0.2, 0.25) is 5.95 Å². The van der Waals surface area contributed by atoms with Crippen LogP contribution in [0.5, 0.6) is 0 Å². The number of likely N-dealkylation sites (N-methyl/N-ethyl adjacent to an activating group) is 2. The maximum Gasteiger partial charge on any atom is 0.419 e. The fourth-order valence-electron chi connectivity index (χ4n) is 3.70. The first kappa shape index (κ1) is 23.4. The van der Waals surface area contributed by atoms with E-state index in [1.165, 1.54) is 6.20 Å². The number of hydrogen-bond acceptors (Lipinski definition) is 6. The molecule has 0 atom stereocenters. The van der Waals surface area contributed by atoms with E-state index in [0.717, 1.165) is 30.5 Å². The molecular formula is C24H26F3N7. The molecule has 0 spiro atoms. The number of nitrogens with two attached hydrogens (primary N) is 1. The van der Waals surface area contributed by atoms with Gasteiger partial charge in [-0.15, -0.1) is 0 Å². The third-order valence-corrected chi connectivity index (χ3v) is 5.52. The number of halogens is 3. The summed E-state index contributed by atoms with van der Waals surface area (Å²) < 4.78 is 41.2. The summed E-state index contributed by atoms with van der Waals surface area (Å²) in [6, 6.07) is 12.5. The van der Waals surface area contributed by atoms with Crippen LogP contribution >= 0.6 is 0 Å². The van der Waals surface area contributed by atoms with Gasteiger partial charge in [-0.05, 0) is 38.4 Å². The molecule has 178 valence electrons. The number of H-pyrrole nitrogens is 1. The maximum atomic E-state index is 13.7. The van der Waals surface area contributed by atoms with Crippen molar-refractivity contribution in [1.82, 2.24) is 19.9 Å². The predicted molar refractivity (Wildman–Crippen MR) is 130 cm³/mol. The van der Waals surface area contributed by atoms with Gasteiger partial charge in [0.05, 0.1) is 17.1 Å². The summed E-state index contributed by atoms with van der Waals surface area (Å²) in [6.45, 7) is 1.66. The third-order valence-electron chi connectivity index (χ3n) is 5.52. The lowest BCUT2D eigenvalue weighted by molar-refractivity contribution is -0.137. The summed E-state index contributed by atoms with van der Waals surface area (Å²) >= 11 is 0. The number of nitrogens with zero attached hydrogens (tertiary/aromatic N) is 4. The molecule has 0 aliphatic carbocycles. The second kappa shape index (κ2) is 9.22. The van der Waals surface area contributed by atoms with Gasteiger partial charge in [0, 0.05) is 54.7 Å². The molecule has 0 aliphatic rings. The molecule has 0 saturated carbocycles. The Bertz CT molecular complexity index is 1300. The lowest BCUT2D eigenvalue weighted by atomic mass is 10.1. The second-order valence-corrected chi connectivity index (χ2v) is 8.33. The fourth-order valence-corrected chi connectivity index (χ4v) is 3.70. The van der Waals surface area contributed by atoms with Crippen molar-refractivity contribution >= 4 is 33.9 Å². The molecule has 2 aromatic carbocycles. The van der Waals surface area contributed by atoms with Crippen molar-refractivity contribution in [3.05, 3.63) is 60.4 Å². The van der Waals surface area contributed by atoms with E-state index in [-0.39, 0.29) is 11.6 Å². The van der Waals surface area contributed by atoms with Crippen LogP contribution in [0.3, 0.4) is 0 Å².